The predicted molar refractivity (Wildman–Crippen MR) is 81.0 cm³/mol. The fourth-order valence-corrected chi connectivity index (χ4v) is 3.09. The fourth-order valence-electron chi connectivity index (χ4n) is 2.28. The van der Waals surface area contributed by atoms with Gasteiger partial charge in [-0.05, 0) is 24.3 Å². The molecule has 0 bridgehead atoms. The Hall–Kier alpha value is -1.69. The summed E-state index contributed by atoms with van der Waals surface area (Å²) < 4.78 is 7.38. The number of nitrogens with zero attached hydrogens (tertiary/aromatic N) is 4. The van der Waals surface area contributed by atoms with Crippen molar-refractivity contribution >= 4 is 23.4 Å². The molecule has 0 aliphatic carbocycles. The molecule has 3 rings (SSSR count). The number of hydrogen-bond donors (Lipinski definition) is 0. The van der Waals surface area contributed by atoms with Crippen LogP contribution in [0.5, 0.6) is 5.75 Å². The fraction of sp³-hybridized carbons (Fsp3) is 0.429. The number of thioether (sulfide) groups is 1. The van der Waals surface area contributed by atoms with Crippen molar-refractivity contribution in [1.29, 1.82) is 0 Å². The Morgan fingerprint density at radius 3 is 2.55 bits per heavy atom. The van der Waals surface area contributed by atoms with Gasteiger partial charge in [-0.3, -0.25) is 4.57 Å². The lowest BCUT2D eigenvalue weighted by atomic mass is 10.3. The summed E-state index contributed by atoms with van der Waals surface area (Å²) in [6.45, 7) is 6.21. The molecule has 6 heteroatoms. The van der Waals surface area contributed by atoms with Crippen molar-refractivity contribution in [1.82, 2.24) is 14.8 Å². The molecule has 2 heterocycles. The molecular weight excluding hydrogens is 272 g/mol. The lowest BCUT2D eigenvalue weighted by Gasteiger charge is -2.15. The van der Waals surface area contributed by atoms with Gasteiger partial charge < -0.3 is 9.64 Å². The van der Waals surface area contributed by atoms with Crippen LogP contribution in [-0.2, 0) is 6.54 Å². The SMILES string of the molecule is COc1ccc(N2CCn3c(SC(C)C)nnc32)cc1. The topological polar surface area (TPSA) is 43.2 Å². The maximum Gasteiger partial charge on any atom is 0.232 e. The molecule has 5 nitrogen and oxygen atoms in total. The van der Waals surface area contributed by atoms with Gasteiger partial charge in [-0.1, -0.05) is 25.6 Å². The Morgan fingerprint density at radius 1 is 1.15 bits per heavy atom. The van der Waals surface area contributed by atoms with Crippen LogP contribution >= 0.6 is 11.8 Å². The average molecular weight is 290 g/mol. The lowest BCUT2D eigenvalue weighted by Crippen LogP contribution is -2.14. The zero-order valence-corrected chi connectivity index (χ0v) is 12.7. The molecule has 0 atom stereocenters. The van der Waals surface area contributed by atoms with Crippen LogP contribution in [0.3, 0.4) is 0 Å². The molecule has 1 aromatic carbocycles. The van der Waals surface area contributed by atoms with E-state index < -0.39 is 0 Å². The van der Waals surface area contributed by atoms with Crippen molar-refractivity contribution in [3.63, 3.8) is 0 Å². The molecule has 0 unspecified atom stereocenters. The van der Waals surface area contributed by atoms with Gasteiger partial charge >= 0.3 is 0 Å². The summed E-state index contributed by atoms with van der Waals surface area (Å²) in [6, 6.07) is 8.05. The Morgan fingerprint density at radius 2 is 1.90 bits per heavy atom. The second kappa shape index (κ2) is 5.36. The molecule has 2 aromatic rings. The first-order valence-electron chi connectivity index (χ1n) is 6.70. The largest absolute Gasteiger partial charge is 0.497 e. The highest BCUT2D eigenvalue weighted by Gasteiger charge is 2.26. The van der Waals surface area contributed by atoms with Gasteiger partial charge in [-0.25, -0.2) is 0 Å². The van der Waals surface area contributed by atoms with Crippen molar-refractivity contribution in [2.24, 2.45) is 0 Å². The van der Waals surface area contributed by atoms with Crippen LogP contribution in [0.15, 0.2) is 29.4 Å². The molecule has 0 N–H and O–H groups in total. The monoisotopic (exact) mass is 290 g/mol. The third kappa shape index (κ3) is 2.35. The number of aromatic nitrogens is 3. The normalized spacial score (nSPS) is 13.9. The van der Waals surface area contributed by atoms with Crippen LogP contribution < -0.4 is 9.64 Å². The Balaban J connectivity index is 1.87. The first-order chi connectivity index (χ1) is 9.69. The summed E-state index contributed by atoms with van der Waals surface area (Å²) >= 11 is 1.76. The second-order valence-corrected chi connectivity index (χ2v) is 6.49. The van der Waals surface area contributed by atoms with Crippen molar-refractivity contribution in [2.45, 2.75) is 30.8 Å². The van der Waals surface area contributed by atoms with Crippen molar-refractivity contribution in [2.75, 3.05) is 18.6 Å². The molecule has 0 saturated heterocycles. The number of ether oxygens (including phenoxy) is 1. The van der Waals surface area contributed by atoms with Crippen LogP contribution in [-0.4, -0.2) is 33.7 Å². The van der Waals surface area contributed by atoms with Crippen LogP contribution in [0.1, 0.15) is 13.8 Å². The lowest BCUT2D eigenvalue weighted by molar-refractivity contribution is 0.415. The second-order valence-electron chi connectivity index (χ2n) is 4.95. The minimum Gasteiger partial charge on any atom is -0.497 e. The summed E-state index contributed by atoms with van der Waals surface area (Å²) in [5.74, 6) is 1.80. The third-order valence-corrected chi connectivity index (χ3v) is 4.20. The Labute approximate surface area is 122 Å². The van der Waals surface area contributed by atoms with Gasteiger partial charge in [0.2, 0.25) is 5.95 Å². The average Bonchev–Trinajstić information content (AvgIpc) is 3.02. The van der Waals surface area contributed by atoms with Crippen LogP contribution in [0, 0.1) is 0 Å². The standard InChI is InChI=1S/C14H18N4OS/c1-10(2)20-14-16-15-13-17(8-9-18(13)14)11-4-6-12(19-3)7-5-11/h4-7,10H,8-9H2,1-3H3. The number of rotatable bonds is 4. The number of benzene rings is 1. The summed E-state index contributed by atoms with van der Waals surface area (Å²) in [4.78, 5) is 2.19. The highest BCUT2D eigenvalue weighted by atomic mass is 32.2. The molecule has 0 radical (unpaired) electrons. The van der Waals surface area contributed by atoms with E-state index in [2.05, 4.69) is 45.6 Å². The molecule has 0 amide bonds. The van der Waals surface area contributed by atoms with Gasteiger partial charge in [0.15, 0.2) is 5.16 Å². The van der Waals surface area contributed by atoms with E-state index in [9.17, 15) is 0 Å². The van der Waals surface area contributed by atoms with E-state index in [1.807, 2.05) is 12.1 Å². The summed E-state index contributed by atoms with van der Waals surface area (Å²) in [7, 11) is 1.68. The van der Waals surface area contributed by atoms with Gasteiger partial charge in [-0.15, -0.1) is 10.2 Å². The molecule has 0 saturated carbocycles. The van der Waals surface area contributed by atoms with Crippen LogP contribution in [0.4, 0.5) is 11.6 Å². The maximum absolute atomic E-state index is 5.19. The van der Waals surface area contributed by atoms with E-state index >= 15 is 0 Å². The van der Waals surface area contributed by atoms with E-state index in [4.69, 9.17) is 4.74 Å². The third-order valence-electron chi connectivity index (χ3n) is 3.21. The molecule has 0 fully saturated rings. The molecule has 1 aliphatic rings. The number of methoxy groups -OCH3 is 1. The minimum atomic E-state index is 0.512. The maximum atomic E-state index is 5.19. The van der Waals surface area contributed by atoms with Crippen molar-refractivity contribution in [3.8, 4) is 5.75 Å². The quantitative estimate of drug-likeness (QED) is 0.810. The van der Waals surface area contributed by atoms with Gasteiger partial charge in [-0.2, -0.15) is 0 Å². The van der Waals surface area contributed by atoms with Crippen molar-refractivity contribution < 1.29 is 4.74 Å². The summed E-state index contributed by atoms with van der Waals surface area (Å²) in [6.07, 6.45) is 0. The molecule has 20 heavy (non-hydrogen) atoms. The van der Waals surface area contributed by atoms with E-state index in [1.54, 1.807) is 18.9 Å². The predicted octanol–water partition coefficient (Wildman–Crippen LogP) is 2.94. The molecule has 1 aromatic heterocycles. The Bertz CT molecular complexity index is 594. The molecular formula is C14H18N4OS. The van der Waals surface area contributed by atoms with Gasteiger partial charge in [0.25, 0.3) is 0 Å². The van der Waals surface area contributed by atoms with Gasteiger partial charge in [0, 0.05) is 24.0 Å². The van der Waals surface area contributed by atoms with E-state index in [0.29, 0.717) is 5.25 Å². The highest BCUT2D eigenvalue weighted by Crippen LogP contribution is 2.33. The van der Waals surface area contributed by atoms with E-state index in [0.717, 1.165) is 35.6 Å². The van der Waals surface area contributed by atoms with Gasteiger partial charge in [0.1, 0.15) is 5.75 Å². The van der Waals surface area contributed by atoms with E-state index in [-0.39, 0.29) is 0 Å². The zero-order chi connectivity index (χ0) is 14.1. The minimum absolute atomic E-state index is 0.512. The highest BCUT2D eigenvalue weighted by molar-refractivity contribution is 7.99. The number of anilines is 2. The molecule has 106 valence electrons. The summed E-state index contributed by atoms with van der Waals surface area (Å²) in [5.41, 5.74) is 1.12. The smallest absolute Gasteiger partial charge is 0.232 e. The van der Waals surface area contributed by atoms with Crippen LogP contribution in [0.2, 0.25) is 0 Å². The zero-order valence-electron chi connectivity index (χ0n) is 11.9. The van der Waals surface area contributed by atoms with Crippen molar-refractivity contribution in [3.05, 3.63) is 24.3 Å². The first-order valence-corrected chi connectivity index (χ1v) is 7.58. The molecule has 0 spiro atoms. The number of hydrogen-bond acceptors (Lipinski definition) is 5. The van der Waals surface area contributed by atoms with Crippen LogP contribution in [0.25, 0.3) is 0 Å². The van der Waals surface area contributed by atoms with Gasteiger partial charge in [0.05, 0.1) is 7.11 Å². The Kier molecular flexibility index (Phi) is 3.56. The number of fused-ring (bicyclic) bond motifs is 1. The molecule has 1 aliphatic heterocycles. The van der Waals surface area contributed by atoms with E-state index in [1.165, 1.54) is 0 Å². The first kappa shape index (κ1) is 13.3. The summed E-state index contributed by atoms with van der Waals surface area (Å²) in [5, 5.41) is 10.2.